The standard InChI is InChI=1S/C23H23ClN4O4/c1-2-26-12-14-27(15-13-26)22-17(24)7-5-8-18(22)25-23(29)21-11-10-20(32-21)16-6-3-4-9-19(16)28(30)31/h3-11H,2,12-15H2,1H3,(H,25,29). The summed E-state index contributed by atoms with van der Waals surface area (Å²) in [5, 5.41) is 14.7. The van der Waals surface area contributed by atoms with Gasteiger partial charge in [0.2, 0.25) is 0 Å². The van der Waals surface area contributed by atoms with Gasteiger partial charge in [0, 0.05) is 32.2 Å². The summed E-state index contributed by atoms with van der Waals surface area (Å²) >= 11 is 6.50. The van der Waals surface area contributed by atoms with Gasteiger partial charge in [-0.05, 0) is 36.9 Å². The first-order valence-electron chi connectivity index (χ1n) is 10.4. The van der Waals surface area contributed by atoms with Crippen molar-refractivity contribution in [2.45, 2.75) is 6.92 Å². The topological polar surface area (TPSA) is 91.9 Å². The zero-order valence-corrected chi connectivity index (χ0v) is 18.3. The molecule has 4 rings (SSSR count). The van der Waals surface area contributed by atoms with Crippen LogP contribution in [-0.2, 0) is 0 Å². The molecule has 0 bridgehead atoms. The summed E-state index contributed by atoms with van der Waals surface area (Å²) in [7, 11) is 0. The van der Waals surface area contributed by atoms with Crippen molar-refractivity contribution in [1.29, 1.82) is 0 Å². The van der Waals surface area contributed by atoms with Gasteiger partial charge < -0.3 is 19.5 Å². The van der Waals surface area contributed by atoms with Gasteiger partial charge in [0.05, 0.1) is 26.9 Å². The number of nitro groups is 1. The number of para-hydroxylation sites is 2. The smallest absolute Gasteiger partial charge is 0.291 e. The molecule has 1 aliphatic rings. The number of piperazine rings is 1. The van der Waals surface area contributed by atoms with Crippen molar-refractivity contribution < 1.29 is 14.1 Å². The summed E-state index contributed by atoms with van der Waals surface area (Å²) in [4.78, 5) is 28.3. The summed E-state index contributed by atoms with van der Waals surface area (Å²) < 4.78 is 5.67. The Labute approximate surface area is 190 Å². The third-order valence-corrected chi connectivity index (χ3v) is 5.87. The molecule has 8 nitrogen and oxygen atoms in total. The van der Waals surface area contributed by atoms with E-state index in [4.69, 9.17) is 16.0 Å². The van der Waals surface area contributed by atoms with E-state index >= 15 is 0 Å². The van der Waals surface area contributed by atoms with Gasteiger partial charge in [0.1, 0.15) is 5.76 Å². The molecule has 0 spiro atoms. The first-order chi connectivity index (χ1) is 15.5. The van der Waals surface area contributed by atoms with E-state index in [1.807, 2.05) is 0 Å². The minimum atomic E-state index is -0.478. The molecule has 9 heteroatoms. The number of nitrogens with one attached hydrogen (secondary N) is 1. The minimum Gasteiger partial charge on any atom is -0.451 e. The van der Waals surface area contributed by atoms with Gasteiger partial charge in [-0.15, -0.1) is 0 Å². The molecule has 1 saturated heterocycles. The van der Waals surface area contributed by atoms with Crippen LogP contribution in [0.5, 0.6) is 0 Å². The molecule has 1 aliphatic heterocycles. The van der Waals surface area contributed by atoms with Crippen LogP contribution in [0.2, 0.25) is 5.02 Å². The molecular formula is C23H23ClN4O4. The van der Waals surface area contributed by atoms with Gasteiger partial charge in [-0.3, -0.25) is 14.9 Å². The van der Waals surface area contributed by atoms with E-state index in [2.05, 4.69) is 22.0 Å². The van der Waals surface area contributed by atoms with Crippen LogP contribution < -0.4 is 10.2 Å². The molecule has 1 amide bonds. The van der Waals surface area contributed by atoms with Crippen molar-refractivity contribution in [3.8, 4) is 11.3 Å². The largest absolute Gasteiger partial charge is 0.451 e. The number of carbonyl (C=O) groups is 1. The number of benzene rings is 2. The molecule has 0 atom stereocenters. The lowest BCUT2D eigenvalue weighted by Gasteiger charge is -2.36. The second-order valence-corrected chi connectivity index (χ2v) is 7.86. The number of nitro benzene ring substituents is 1. The number of rotatable bonds is 6. The third-order valence-electron chi connectivity index (χ3n) is 5.57. The van der Waals surface area contributed by atoms with E-state index in [0.29, 0.717) is 16.3 Å². The second kappa shape index (κ2) is 9.42. The van der Waals surface area contributed by atoms with Gasteiger partial charge in [-0.1, -0.05) is 36.7 Å². The van der Waals surface area contributed by atoms with E-state index in [9.17, 15) is 14.9 Å². The van der Waals surface area contributed by atoms with E-state index in [1.54, 1.807) is 42.5 Å². The molecule has 0 unspecified atom stereocenters. The van der Waals surface area contributed by atoms with Crippen LogP contribution in [-0.4, -0.2) is 48.5 Å². The zero-order valence-electron chi connectivity index (χ0n) is 17.6. The first kappa shape index (κ1) is 21.9. The lowest BCUT2D eigenvalue weighted by Crippen LogP contribution is -2.46. The Morgan fingerprint density at radius 2 is 1.84 bits per heavy atom. The lowest BCUT2D eigenvalue weighted by atomic mass is 10.1. The number of hydrogen-bond acceptors (Lipinski definition) is 6. The van der Waals surface area contributed by atoms with Crippen LogP contribution >= 0.6 is 11.6 Å². The van der Waals surface area contributed by atoms with Crippen LogP contribution in [0.3, 0.4) is 0 Å². The number of likely N-dealkylation sites (N-methyl/N-ethyl adjacent to an activating group) is 1. The highest BCUT2D eigenvalue weighted by atomic mass is 35.5. The molecule has 2 heterocycles. The Hall–Kier alpha value is -3.36. The fraction of sp³-hybridized carbons (Fsp3) is 0.261. The van der Waals surface area contributed by atoms with Crippen LogP contribution in [0.15, 0.2) is 59.0 Å². The van der Waals surface area contributed by atoms with Crippen LogP contribution in [0, 0.1) is 10.1 Å². The number of carbonyl (C=O) groups excluding carboxylic acids is 1. The Kier molecular flexibility index (Phi) is 6.43. The minimum absolute atomic E-state index is 0.0554. The molecule has 2 aromatic carbocycles. The summed E-state index contributed by atoms with van der Waals surface area (Å²) in [5.74, 6) is -0.144. The van der Waals surface area contributed by atoms with Crippen molar-refractivity contribution in [2.24, 2.45) is 0 Å². The molecule has 0 radical (unpaired) electrons. The molecule has 1 aromatic heterocycles. The van der Waals surface area contributed by atoms with E-state index in [0.717, 1.165) is 38.4 Å². The van der Waals surface area contributed by atoms with E-state index < -0.39 is 10.8 Å². The molecule has 1 fully saturated rings. The zero-order chi connectivity index (χ0) is 22.7. The number of amides is 1. The Balaban J connectivity index is 1.56. The molecular weight excluding hydrogens is 432 g/mol. The van der Waals surface area contributed by atoms with Gasteiger partial charge in [0.15, 0.2) is 5.76 Å². The van der Waals surface area contributed by atoms with Crippen LogP contribution in [0.25, 0.3) is 11.3 Å². The first-order valence-corrected chi connectivity index (χ1v) is 10.8. The van der Waals surface area contributed by atoms with Crippen molar-refractivity contribution in [3.63, 3.8) is 0 Å². The maximum Gasteiger partial charge on any atom is 0.291 e. The number of anilines is 2. The molecule has 0 aliphatic carbocycles. The maximum atomic E-state index is 12.9. The van der Waals surface area contributed by atoms with Crippen molar-refractivity contribution >= 4 is 34.6 Å². The van der Waals surface area contributed by atoms with Crippen molar-refractivity contribution in [3.05, 3.63) is 75.5 Å². The van der Waals surface area contributed by atoms with E-state index in [1.165, 1.54) is 12.1 Å². The predicted octanol–water partition coefficient (Wildman–Crippen LogP) is 4.90. The summed E-state index contributed by atoms with van der Waals surface area (Å²) in [5.41, 5.74) is 1.60. The van der Waals surface area contributed by atoms with Gasteiger partial charge in [-0.2, -0.15) is 0 Å². The number of halogens is 1. The average Bonchev–Trinajstić information content (AvgIpc) is 3.30. The fourth-order valence-electron chi connectivity index (χ4n) is 3.86. The Morgan fingerprint density at radius 1 is 1.09 bits per heavy atom. The molecule has 166 valence electrons. The predicted molar refractivity (Wildman–Crippen MR) is 125 cm³/mol. The maximum absolute atomic E-state index is 12.9. The van der Waals surface area contributed by atoms with Gasteiger partial charge >= 0.3 is 0 Å². The van der Waals surface area contributed by atoms with Crippen LogP contribution in [0.4, 0.5) is 17.1 Å². The Bertz CT molecular complexity index is 1140. The highest BCUT2D eigenvalue weighted by Gasteiger charge is 2.23. The number of furan rings is 1. The van der Waals surface area contributed by atoms with Gasteiger partial charge in [-0.25, -0.2) is 0 Å². The summed E-state index contributed by atoms with van der Waals surface area (Å²) in [6.45, 7) is 6.60. The summed E-state index contributed by atoms with van der Waals surface area (Å²) in [6, 6.07) is 14.7. The van der Waals surface area contributed by atoms with E-state index in [-0.39, 0.29) is 17.2 Å². The number of nitrogens with zero attached hydrogens (tertiary/aromatic N) is 3. The third kappa shape index (κ3) is 4.46. The second-order valence-electron chi connectivity index (χ2n) is 7.45. The molecule has 1 N–H and O–H groups in total. The Morgan fingerprint density at radius 3 is 2.56 bits per heavy atom. The SMILES string of the molecule is CCN1CCN(c2c(Cl)cccc2NC(=O)c2ccc(-c3ccccc3[N+](=O)[O-])o2)CC1. The lowest BCUT2D eigenvalue weighted by molar-refractivity contribution is -0.384. The highest BCUT2D eigenvalue weighted by Crippen LogP contribution is 2.35. The summed E-state index contributed by atoms with van der Waals surface area (Å²) in [6.07, 6.45) is 0. The fourth-order valence-corrected chi connectivity index (χ4v) is 4.15. The van der Waals surface area contributed by atoms with Gasteiger partial charge in [0.25, 0.3) is 11.6 Å². The molecule has 3 aromatic rings. The monoisotopic (exact) mass is 454 g/mol. The normalized spacial score (nSPS) is 14.4. The number of hydrogen-bond donors (Lipinski definition) is 1. The van der Waals surface area contributed by atoms with Crippen molar-refractivity contribution in [1.82, 2.24) is 4.90 Å². The van der Waals surface area contributed by atoms with Crippen molar-refractivity contribution in [2.75, 3.05) is 42.9 Å². The molecule has 32 heavy (non-hydrogen) atoms. The highest BCUT2D eigenvalue weighted by molar-refractivity contribution is 6.34. The van der Waals surface area contributed by atoms with Crippen LogP contribution in [0.1, 0.15) is 17.5 Å². The molecule has 0 saturated carbocycles. The quantitative estimate of drug-likeness (QED) is 0.420. The average molecular weight is 455 g/mol.